The maximum absolute atomic E-state index is 11.9. The van der Waals surface area contributed by atoms with E-state index >= 15 is 0 Å². The molecule has 1 amide bonds. The van der Waals surface area contributed by atoms with Crippen LogP contribution in [0.4, 0.5) is 0 Å². The van der Waals surface area contributed by atoms with Gasteiger partial charge in [-0.05, 0) is 25.0 Å². The van der Waals surface area contributed by atoms with Crippen molar-refractivity contribution in [3.8, 4) is 5.75 Å². The molecule has 0 saturated heterocycles. The Bertz CT molecular complexity index is 526. The maximum Gasteiger partial charge on any atom is 0.306 e. The van der Waals surface area contributed by atoms with Crippen LogP contribution in [0.3, 0.4) is 0 Å². The van der Waals surface area contributed by atoms with E-state index in [0.717, 1.165) is 0 Å². The van der Waals surface area contributed by atoms with Gasteiger partial charge in [0.05, 0.1) is 19.4 Å². The van der Waals surface area contributed by atoms with Gasteiger partial charge in [0, 0.05) is 16.6 Å². The lowest BCUT2D eigenvalue weighted by Gasteiger charge is -2.32. The Hall–Kier alpha value is -1.75. The third-order valence-electron chi connectivity index (χ3n) is 3.49. The minimum absolute atomic E-state index is 0.0583. The maximum atomic E-state index is 11.9. The molecule has 0 bridgehead atoms. The van der Waals surface area contributed by atoms with E-state index in [0.29, 0.717) is 29.2 Å². The molecule has 2 rings (SSSR count). The van der Waals surface area contributed by atoms with Crippen molar-refractivity contribution in [3.63, 3.8) is 0 Å². The first kappa shape index (κ1) is 14.7. The molecule has 0 spiro atoms. The van der Waals surface area contributed by atoms with E-state index in [4.69, 9.17) is 21.4 Å². The monoisotopic (exact) mass is 297 g/mol. The zero-order chi connectivity index (χ0) is 14.7. The molecule has 1 aromatic rings. The van der Waals surface area contributed by atoms with E-state index in [1.54, 1.807) is 18.2 Å². The fourth-order valence-electron chi connectivity index (χ4n) is 2.28. The minimum atomic E-state index is -0.803. The van der Waals surface area contributed by atoms with Crippen LogP contribution >= 0.6 is 11.6 Å². The molecule has 1 aliphatic rings. The van der Waals surface area contributed by atoms with Gasteiger partial charge in [-0.25, -0.2) is 0 Å². The largest absolute Gasteiger partial charge is 0.496 e. The summed E-state index contributed by atoms with van der Waals surface area (Å²) in [5.41, 5.74) is 0.642. The van der Waals surface area contributed by atoms with E-state index < -0.39 is 5.97 Å². The van der Waals surface area contributed by atoms with Crippen LogP contribution in [0.1, 0.15) is 18.4 Å². The predicted octanol–water partition coefficient (Wildman–Crippen LogP) is 1.87. The molecular weight excluding hydrogens is 282 g/mol. The number of carboxylic acids is 1. The summed E-state index contributed by atoms with van der Waals surface area (Å²) in [6.45, 7) is 0. The quantitative estimate of drug-likeness (QED) is 0.870. The number of carbonyl (C=O) groups excluding carboxylic acids is 1. The average molecular weight is 298 g/mol. The number of hydrogen-bond donors (Lipinski definition) is 2. The number of carboxylic acid groups (broad SMARTS) is 1. The lowest BCUT2D eigenvalue weighted by Crippen LogP contribution is -2.47. The van der Waals surface area contributed by atoms with Crippen LogP contribution in [0, 0.1) is 5.92 Å². The minimum Gasteiger partial charge on any atom is -0.496 e. The predicted molar refractivity (Wildman–Crippen MR) is 74.0 cm³/mol. The van der Waals surface area contributed by atoms with Crippen LogP contribution in [0.5, 0.6) is 5.75 Å². The number of rotatable bonds is 5. The summed E-state index contributed by atoms with van der Waals surface area (Å²) in [7, 11) is 1.52. The van der Waals surface area contributed by atoms with Gasteiger partial charge in [-0.15, -0.1) is 0 Å². The zero-order valence-electron chi connectivity index (χ0n) is 11.1. The molecule has 6 heteroatoms. The number of amides is 1. The zero-order valence-corrected chi connectivity index (χ0v) is 11.8. The van der Waals surface area contributed by atoms with Crippen molar-refractivity contribution in [2.75, 3.05) is 7.11 Å². The number of hydrogen-bond acceptors (Lipinski definition) is 3. The number of benzene rings is 1. The Kier molecular flexibility index (Phi) is 4.49. The average Bonchev–Trinajstić information content (AvgIpc) is 2.35. The van der Waals surface area contributed by atoms with Gasteiger partial charge in [0.2, 0.25) is 5.91 Å². The fourth-order valence-corrected chi connectivity index (χ4v) is 2.51. The third-order valence-corrected chi connectivity index (χ3v) is 3.84. The standard InChI is InChI=1S/C14H16ClNO4/c1-20-12-4-2-3-11(15)10(12)7-13(17)16-9-5-8(6-9)14(18)19/h2-4,8-9H,5-7H2,1H3,(H,16,17)(H,18,19). The van der Waals surface area contributed by atoms with E-state index in [1.165, 1.54) is 7.11 Å². The van der Waals surface area contributed by atoms with Gasteiger partial charge in [0.15, 0.2) is 0 Å². The molecule has 0 atom stereocenters. The first-order chi connectivity index (χ1) is 9.51. The fraction of sp³-hybridized carbons (Fsp3) is 0.429. The van der Waals surface area contributed by atoms with Crippen LogP contribution in [0.15, 0.2) is 18.2 Å². The Morgan fingerprint density at radius 2 is 2.15 bits per heavy atom. The molecule has 0 aromatic heterocycles. The summed E-state index contributed by atoms with van der Waals surface area (Å²) >= 11 is 6.06. The van der Waals surface area contributed by atoms with Gasteiger partial charge in [0.25, 0.3) is 0 Å². The number of halogens is 1. The summed E-state index contributed by atoms with van der Waals surface area (Å²) in [5, 5.41) is 12.1. The highest BCUT2D eigenvalue weighted by atomic mass is 35.5. The Morgan fingerprint density at radius 3 is 2.75 bits per heavy atom. The number of methoxy groups -OCH3 is 1. The van der Waals surface area contributed by atoms with Crippen LogP contribution in [-0.4, -0.2) is 30.1 Å². The molecule has 1 fully saturated rings. The van der Waals surface area contributed by atoms with Crippen LogP contribution in [-0.2, 0) is 16.0 Å². The van der Waals surface area contributed by atoms with E-state index in [9.17, 15) is 9.59 Å². The molecule has 0 aliphatic heterocycles. The SMILES string of the molecule is COc1cccc(Cl)c1CC(=O)NC1CC(C(=O)O)C1. The first-order valence-electron chi connectivity index (χ1n) is 6.34. The second-order valence-electron chi connectivity index (χ2n) is 4.87. The summed E-state index contributed by atoms with van der Waals surface area (Å²) in [6.07, 6.45) is 1.10. The van der Waals surface area contributed by atoms with Crippen LogP contribution in [0.2, 0.25) is 5.02 Å². The molecule has 1 aromatic carbocycles. The molecule has 2 N–H and O–H groups in total. The van der Waals surface area contributed by atoms with Gasteiger partial charge in [-0.3, -0.25) is 9.59 Å². The van der Waals surface area contributed by atoms with E-state index in [1.807, 2.05) is 0 Å². The van der Waals surface area contributed by atoms with Crippen molar-refractivity contribution >= 4 is 23.5 Å². The van der Waals surface area contributed by atoms with Crippen molar-refractivity contribution in [1.29, 1.82) is 0 Å². The van der Waals surface area contributed by atoms with Crippen molar-refractivity contribution in [2.45, 2.75) is 25.3 Å². The summed E-state index contributed by atoms with van der Waals surface area (Å²) in [6, 6.07) is 5.15. The third kappa shape index (κ3) is 3.22. The van der Waals surface area contributed by atoms with Crippen LogP contribution in [0.25, 0.3) is 0 Å². The van der Waals surface area contributed by atoms with Gasteiger partial charge in [-0.2, -0.15) is 0 Å². The molecule has 0 heterocycles. The second kappa shape index (κ2) is 6.13. The highest BCUT2D eigenvalue weighted by Crippen LogP contribution is 2.29. The Balaban J connectivity index is 1.91. The Morgan fingerprint density at radius 1 is 1.45 bits per heavy atom. The van der Waals surface area contributed by atoms with E-state index in [2.05, 4.69) is 5.32 Å². The Labute approximate surface area is 121 Å². The molecule has 0 unspecified atom stereocenters. The highest BCUT2D eigenvalue weighted by molar-refractivity contribution is 6.31. The van der Waals surface area contributed by atoms with Crippen molar-refractivity contribution in [3.05, 3.63) is 28.8 Å². The summed E-state index contributed by atoms with van der Waals surface area (Å²) in [4.78, 5) is 22.6. The second-order valence-corrected chi connectivity index (χ2v) is 5.28. The number of nitrogens with one attached hydrogen (secondary N) is 1. The van der Waals surface area contributed by atoms with Gasteiger partial charge in [-0.1, -0.05) is 17.7 Å². The first-order valence-corrected chi connectivity index (χ1v) is 6.72. The summed E-state index contributed by atoms with van der Waals surface area (Å²) < 4.78 is 5.18. The molecule has 0 radical (unpaired) electrons. The van der Waals surface area contributed by atoms with E-state index in [-0.39, 0.29) is 24.3 Å². The highest BCUT2D eigenvalue weighted by Gasteiger charge is 2.35. The molecule has 20 heavy (non-hydrogen) atoms. The van der Waals surface area contributed by atoms with Crippen molar-refractivity contribution in [1.82, 2.24) is 5.32 Å². The van der Waals surface area contributed by atoms with Gasteiger partial charge in [0.1, 0.15) is 5.75 Å². The lowest BCUT2D eigenvalue weighted by atomic mass is 9.80. The number of aliphatic carboxylic acids is 1. The van der Waals surface area contributed by atoms with Crippen molar-refractivity contribution < 1.29 is 19.4 Å². The van der Waals surface area contributed by atoms with Gasteiger partial charge >= 0.3 is 5.97 Å². The molecular formula is C14H16ClNO4. The normalized spacial score (nSPS) is 20.9. The van der Waals surface area contributed by atoms with Crippen LogP contribution < -0.4 is 10.1 Å². The van der Waals surface area contributed by atoms with Crippen molar-refractivity contribution in [2.24, 2.45) is 5.92 Å². The smallest absolute Gasteiger partial charge is 0.306 e. The topological polar surface area (TPSA) is 75.6 Å². The summed E-state index contributed by atoms with van der Waals surface area (Å²) in [5.74, 6) is -0.742. The number of carbonyl (C=O) groups is 2. The van der Waals surface area contributed by atoms with Gasteiger partial charge < -0.3 is 15.2 Å². The molecule has 5 nitrogen and oxygen atoms in total. The molecule has 108 valence electrons. The number of ether oxygens (including phenoxy) is 1. The molecule has 1 aliphatic carbocycles. The molecule has 1 saturated carbocycles. The lowest BCUT2D eigenvalue weighted by molar-refractivity contribution is -0.146.